The zero-order valence-electron chi connectivity index (χ0n) is 11.6. The van der Waals surface area contributed by atoms with Crippen LogP contribution in [0, 0.1) is 0 Å². The molecular weight excluding hydrogens is 222 g/mol. The highest BCUT2D eigenvalue weighted by molar-refractivity contribution is 5.28. The normalized spacial score (nSPS) is 21.8. The topological polar surface area (TPSA) is 21.3 Å². The minimum absolute atomic E-state index is 0.297. The van der Waals surface area contributed by atoms with Gasteiger partial charge in [-0.05, 0) is 50.3 Å². The molecule has 0 bridgehead atoms. The molecule has 1 aliphatic heterocycles. The van der Waals surface area contributed by atoms with Crippen LogP contribution in [0.5, 0.6) is 0 Å². The van der Waals surface area contributed by atoms with Gasteiger partial charge >= 0.3 is 0 Å². The van der Waals surface area contributed by atoms with Crippen LogP contribution >= 0.6 is 0 Å². The van der Waals surface area contributed by atoms with Crippen LogP contribution in [0.2, 0.25) is 0 Å². The van der Waals surface area contributed by atoms with Crippen LogP contribution in [-0.2, 0) is 17.6 Å². The van der Waals surface area contributed by atoms with E-state index in [1.54, 1.807) is 7.11 Å². The standard InChI is InChI=1S/C16H25NO/c1-13(18-2)11-14-7-3-4-8-15(14)12-16-9-5-6-10-17-16/h3-4,7-8,13,16-17H,5-6,9-12H2,1-2H3. The third-order valence-electron chi connectivity index (χ3n) is 3.91. The summed E-state index contributed by atoms with van der Waals surface area (Å²) in [6.45, 7) is 3.32. The lowest BCUT2D eigenvalue weighted by Gasteiger charge is -2.24. The SMILES string of the molecule is COC(C)Cc1ccccc1CC1CCCCN1. The van der Waals surface area contributed by atoms with E-state index in [1.807, 2.05) is 0 Å². The van der Waals surface area contributed by atoms with E-state index >= 15 is 0 Å². The van der Waals surface area contributed by atoms with Gasteiger partial charge in [0.25, 0.3) is 0 Å². The fraction of sp³-hybridized carbons (Fsp3) is 0.625. The van der Waals surface area contributed by atoms with Gasteiger partial charge in [0.05, 0.1) is 6.10 Å². The van der Waals surface area contributed by atoms with Crippen LogP contribution in [0.25, 0.3) is 0 Å². The van der Waals surface area contributed by atoms with E-state index < -0.39 is 0 Å². The second-order valence-electron chi connectivity index (χ2n) is 5.37. The van der Waals surface area contributed by atoms with Gasteiger partial charge in [0.15, 0.2) is 0 Å². The molecule has 100 valence electrons. The van der Waals surface area contributed by atoms with Gasteiger partial charge in [-0.25, -0.2) is 0 Å². The molecule has 2 heteroatoms. The van der Waals surface area contributed by atoms with Crippen LogP contribution in [0.15, 0.2) is 24.3 Å². The van der Waals surface area contributed by atoms with Crippen LogP contribution in [-0.4, -0.2) is 25.8 Å². The van der Waals surface area contributed by atoms with E-state index in [0.29, 0.717) is 12.1 Å². The van der Waals surface area contributed by atoms with Crippen LogP contribution in [0.1, 0.15) is 37.3 Å². The van der Waals surface area contributed by atoms with Crippen molar-refractivity contribution >= 4 is 0 Å². The number of hydrogen-bond acceptors (Lipinski definition) is 2. The number of hydrogen-bond donors (Lipinski definition) is 1. The molecule has 2 rings (SSSR count). The van der Waals surface area contributed by atoms with Gasteiger partial charge in [0.1, 0.15) is 0 Å². The Morgan fingerprint density at radius 3 is 2.72 bits per heavy atom. The molecule has 1 aromatic rings. The molecule has 1 heterocycles. The number of nitrogens with one attached hydrogen (secondary N) is 1. The zero-order chi connectivity index (χ0) is 12.8. The third kappa shape index (κ3) is 3.82. The summed E-state index contributed by atoms with van der Waals surface area (Å²) in [5.41, 5.74) is 2.93. The highest BCUT2D eigenvalue weighted by atomic mass is 16.5. The third-order valence-corrected chi connectivity index (χ3v) is 3.91. The van der Waals surface area contributed by atoms with Crippen molar-refractivity contribution in [3.63, 3.8) is 0 Å². The molecule has 2 atom stereocenters. The Bertz CT molecular complexity index is 358. The van der Waals surface area contributed by atoms with Gasteiger partial charge < -0.3 is 10.1 Å². The Balaban J connectivity index is 2.01. The molecule has 1 aliphatic rings. The predicted molar refractivity (Wildman–Crippen MR) is 76.0 cm³/mol. The molecule has 0 aromatic heterocycles. The van der Waals surface area contributed by atoms with E-state index in [4.69, 9.17) is 4.74 Å². The average Bonchev–Trinajstić information content (AvgIpc) is 2.42. The summed E-state index contributed by atoms with van der Waals surface area (Å²) in [4.78, 5) is 0. The Morgan fingerprint density at radius 1 is 1.28 bits per heavy atom. The maximum absolute atomic E-state index is 5.38. The van der Waals surface area contributed by atoms with E-state index in [-0.39, 0.29) is 0 Å². The summed E-state index contributed by atoms with van der Waals surface area (Å²) < 4.78 is 5.38. The second-order valence-corrected chi connectivity index (χ2v) is 5.37. The largest absolute Gasteiger partial charge is 0.381 e. The lowest BCUT2D eigenvalue weighted by atomic mass is 9.93. The number of benzene rings is 1. The molecule has 2 nitrogen and oxygen atoms in total. The molecule has 0 saturated carbocycles. The number of ether oxygens (including phenoxy) is 1. The minimum atomic E-state index is 0.297. The minimum Gasteiger partial charge on any atom is -0.381 e. The smallest absolute Gasteiger partial charge is 0.0583 e. The van der Waals surface area contributed by atoms with Crippen molar-refractivity contribution in [2.75, 3.05) is 13.7 Å². The van der Waals surface area contributed by atoms with Crippen LogP contribution < -0.4 is 5.32 Å². The summed E-state index contributed by atoms with van der Waals surface area (Å²) in [6.07, 6.45) is 6.48. The molecule has 1 N–H and O–H groups in total. The Labute approximate surface area is 111 Å². The molecule has 1 saturated heterocycles. The zero-order valence-corrected chi connectivity index (χ0v) is 11.6. The van der Waals surface area contributed by atoms with E-state index in [0.717, 1.165) is 12.8 Å². The monoisotopic (exact) mass is 247 g/mol. The number of rotatable bonds is 5. The first-order chi connectivity index (χ1) is 8.79. The highest BCUT2D eigenvalue weighted by Crippen LogP contribution is 2.18. The van der Waals surface area contributed by atoms with Gasteiger partial charge in [0.2, 0.25) is 0 Å². The number of methoxy groups -OCH3 is 1. The Hall–Kier alpha value is -0.860. The first kappa shape index (κ1) is 13.6. The van der Waals surface area contributed by atoms with Crippen LogP contribution in [0.3, 0.4) is 0 Å². The van der Waals surface area contributed by atoms with Gasteiger partial charge in [-0.3, -0.25) is 0 Å². The summed E-state index contributed by atoms with van der Waals surface area (Å²) in [7, 11) is 1.79. The van der Waals surface area contributed by atoms with Crippen molar-refractivity contribution in [3.8, 4) is 0 Å². The summed E-state index contributed by atoms with van der Waals surface area (Å²) in [6, 6.07) is 9.47. The molecule has 0 radical (unpaired) electrons. The number of piperidine rings is 1. The van der Waals surface area contributed by atoms with Gasteiger partial charge in [-0.1, -0.05) is 30.7 Å². The lowest BCUT2D eigenvalue weighted by molar-refractivity contribution is 0.118. The second kappa shape index (κ2) is 6.91. The maximum Gasteiger partial charge on any atom is 0.0583 e. The molecule has 1 fully saturated rings. The quantitative estimate of drug-likeness (QED) is 0.864. The van der Waals surface area contributed by atoms with Gasteiger partial charge in [-0.15, -0.1) is 0 Å². The summed E-state index contributed by atoms with van der Waals surface area (Å²) in [5.74, 6) is 0. The lowest BCUT2D eigenvalue weighted by Crippen LogP contribution is -2.35. The predicted octanol–water partition coefficient (Wildman–Crippen LogP) is 2.95. The molecule has 18 heavy (non-hydrogen) atoms. The Kier molecular flexibility index (Phi) is 5.21. The molecule has 2 unspecified atom stereocenters. The van der Waals surface area contributed by atoms with Gasteiger partial charge in [-0.2, -0.15) is 0 Å². The van der Waals surface area contributed by atoms with Crippen LogP contribution in [0.4, 0.5) is 0 Å². The molecular formula is C16H25NO. The van der Waals surface area contributed by atoms with Crippen molar-refractivity contribution in [1.82, 2.24) is 5.32 Å². The first-order valence-corrected chi connectivity index (χ1v) is 7.12. The van der Waals surface area contributed by atoms with E-state index in [9.17, 15) is 0 Å². The van der Waals surface area contributed by atoms with Crippen molar-refractivity contribution < 1.29 is 4.74 Å². The van der Waals surface area contributed by atoms with Crippen molar-refractivity contribution in [3.05, 3.63) is 35.4 Å². The summed E-state index contributed by atoms with van der Waals surface area (Å²) >= 11 is 0. The Morgan fingerprint density at radius 2 is 2.06 bits per heavy atom. The molecule has 0 aliphatic carbocycles. The fourth-order valence-corrected chi connectivity index (χ4v) is 2.71. The summed E-state index contributed by atoms with van der Waals surface area (Å²) in [5, 5.41) is 3.63. The van der Waals surface area contributed by atoms with Crippen molar-refractivity contribution in [1.29, 1.82) is 0 Å². The first-order valence-electron chi connectivity index (χ1n) is 7.12. The average molecular weight is 247 g/mol. The van der Waals surface area contributed by atoms with E-state index in [2.05, 4.69) is 36.5 Å². The van der Waals surface area contributed by atoms with Crippen molar-refractivity contribution in [2.45, 2.75) is 51.2 Å². The molecule has 0 spiro atoms. The van der Waals surface area contributed by atoms with Gasteiger partial charge in [0, 0.05) is 13.2 Å². The fourth-order valence-electron chi connectivity index (χ4n) is 2.71. The molecule has 1 aromatic carbocycles. The highest BCUT2D eigenvalue weighted by Gasteiger charge is 2.15. The maximum atomic E-state index is 5.38. The molecule has 0 amide bonds. The van der Waals surface area contributed by atoms with Crippen molar-refractivity contribution in [2.24, 2.45) is 0 Å². The van der Waals surface area contributed by atoms with E-state index in [1.165, 1.54) is 36.9 Å².